The highest BCUT2D eigenvalue weighted by atomic mass is 16.4. The molecule has 1 aliphatic heterocycles. The molecule has 2 bridgehead atoms. The highest BCUT2D eigenvalue weighted by Gasteiger charge is 2.60. The van der Waals surface area contributed by atoms with E-state index in [0.29, 0.717) is 0 Å². The third kappa shape index (κ3) is 1.16. The molecule has 0 radical (unpaired) electrons. The molecule has 90 valence electrons. The van der Waals surface area contributed by atoms with E-state index in [9.17, 15) is 19.5 Å². The number of nitrogens with zero attached hydrogens (tertiary/aromatic N) is 1. The van der Waals surface area contributed by atoms with Gasteiger partial charge in [0.2, 0.25) is 11.8 Å². The second-order valence-electron chi connectivity index (χ2n) is 5.04. The number of amides is 2. The summed E-state index contributed by atoms with van der Waals surface area (Å²) in [5.74, 6) is -2.51. The van der Waals surface area contributed by atoms with Gasteiger partial charge in [0.25, 0.3) is 0 Å². The molecule has 2 aliphatic carbocycles. The average molecular weight is 234 g/mol. The zero-order valence-electron chi connectivity index (χ0n) is 9.33. The summed E-state index contributed by atoms with van der Waals surface area (Å²) in [5, 5.41) is 10.8. The van der Waals surface area contributed by atoms with Crippen LogP contribution < -0.4 is 5.11 Å². The highest BCUT2D eigenvalue weighted by Crippen LogP contribution is 2.52. The number of likely N-dealkylation sites (tertiary alicyclic amines) is 1. The summed E-state index contributed by atoms with van der Waals surface area (Å²) in [6, 6.07) is -1.17. The molecule has 0 spiro atoms. The summed E-state index contributed by atoms with van der Waals surface area (Å²) in [6.45, 7) is 1.32. The minimum atomic E-state index is -1.38. The Kier molecular flexibility index (Phi) is 1.97. The summed E-state index contributed by atoms with van der Waals surface area (Å²) in [6.07, 6.45) is 4.80. The Hall–Kier alpha value is -1.65. The SMILES string of the molecule is CC(C(=O)[O-])N1C(=O)C2C3C=CC(C3)C2C1=O. The fraction of sp³-hybridized carbons (Fsp3) is 0.583. The van der Waals surface area contributed by atoms with Crippen molar-refractivity contribution in [2.24, 2.45) is 23.7 Å². The van der Waals surface area contributed by atoms with Crippen LogP contribution in [0, 0.1) is 23.7 Å². The molecule has 5 nitrogen and oxygen atoms in total. The molecule has 3 rings (SSSR count). The monoisotopic (exact) mass is 234 g/mol. The van der Waals surface area contributed by atoms with Crippen molar-refractivity contribution in [2.75, 3.05) is 0 Å². The molecular weight excluding hydrogens is 222 g/mol. The van der Waals surface area contributed by atoms with E-state index in [1.54, 1.807) is 0 Å². The van der Waals surface area contributed by atoms with Crippen molar-refractivity contribution in [2.45, 2.75) is 19.4 Å². The van der Waals surface area contributed by atoms with E-state index in [-0.39, 0.29) is 35.5 Å². The first-order valence-electron chi connectivity index (χ1n) is 5.78. The van der Waals surface area contributed by atoms with Crippen LogP contribution in [0.5, 0.6) is 0 Å². The van der Waals surface area contributed by atoms with Gasteiger partial charge < -0.3 is 9.90 Å². The number of allylic oxidation sites excluding steroid dienone is 2. The van der Waals surface area contributed by atoms with Crippen LogP contribution in [0.25, 0.3) is 0 Å². The van der Waals surface area contributed by atoms with Crippen LogP contribution in [0.3, 0.4) is 0 Å². The number of imide groups is 1. The summed E-state index contributed by atoms with van der Waals surface area (Å²) in [4.78, 5) is 35.9. The Labute approximate surface area is 98.1 Å². The fourth-order valence-corrected chi connectivity index (χ4v) is 3.41. The number of carboxylic acid groups (broad SMARTS) is 1. The van der Waals surface area contributed by atoms with Crippen LogP contribution in [-0.4, -0.2) is 28.7 Å². The maximum absolute atomic E-state index is 12.1. The van der Waals surface area contributed by atoms with Gasteiger partial charge in [0.15, 0.2) is 0 Å². The lowest BCUT2D eigenvalue weighted by molar-refractivity contribution is -0.310. The number of aliphatic carboxylic acids is 1. The average Bonchev–Trinajstić information content (AvgIpc) is 2.92. The Balaban J connectivity index is 1.95. The molecule has 2 fully saturated rings. The van der Waals surface area contributed by atoms with Crippen molar-refractivity contribution in [3.63, 3.8) is 0 Å². The predicted octanol–water partition coefficient (Wildman–Crippen LogP) is -1.07. The van der Waals surface area contributed by atoms with E-state index in [0.717, 1.165) is 11.3 Å². The highest BCUT2D eigenvalue weighted by molar-refractivity contribution is 6.08. The van der Waals surface area contributed by atoms with Gasteiger partial charge in [-0.05, 0) is 25.2 Å². The molecule has 5 heteroatoms. The second kappa shape index (κ2) is 3.18. The van der Waals surface area contributed by atoms with Crippen molar-refractivity contribution in [1.29, 1.82) is 0 Å². The first kappa shape index (κ1) is 10.5. The third-order valence-electron chi connectivity index (χ3n) is 4.23. The molecular formula is C12H12NO4-. The lowest BCUT2D eigenvalue weighted by Crippen LogP contribution is -2.49. The van der Waals surface area contributed by atoms with Gasteiger partial charge in [0.1, 0.15) is 0 Å². The smallest absolute Gasteiger partial charge is 0.234 e. The molecule has 3 aliphatic rings. The molecule has 0 aromatic heterocycles. The third-order valence-corrected chi connectivity index (χ3v) is 4.23. The number of carboxylic acids is 1. The van der Waals surface area contributed by atoms with Crippen LogP contribution in [0.2, 0.25) is 0 Å². The molecule has 2 amide bonds. The van der Waals surface area contributed by atoms with Gasteiger partial charge in [-0.15, -0.1) is 0 Å². The van der Waals surface area contributed by atoms with E-state index >= 15 is 0 Å². The lowest BCUT2D eigenvalue weighted by atomic mass is 9.85. The summed E-state index contributed by atoms with van der Waals surface area (Å²) in [7, 11) is 0. The molecule has 0 aromatic rings. The molecule has 0 N–H and O–H groups in total. The van der Waals surface area contributed by atoms with E-state index in [2.05, 4.69) is 0 Å². The topological polar surface area (TPSA) is 77.5 Å². The molecule has 17 heavy (non-hydrogen) atoms. The number of carbonyl (C=O) groups is 3. The minimum absolute atomic E-state index is 0.111. The van der Waals surface area contributed by atoms with Crippen molar-refractivity contribution in [3.05, 3.63) is 12.2 Å². The van der Waals surface area contributed by atoms with Gasteiger partial charge in [0.05, 0.1) is 23.8 Å². The first-order chi connectivity index (χ1) is 8.02. The molecule has 1 saturated carbocycles. The maximum atomic E-state index is 12.1. The number of fused-ring (bicyclic) bond motifs is 5. The number of hydrogen-bond donors (Lipinski definition) is 0. The van der Waals surface area contributed by atoms with Crippen molar-refractivity contribution in [3.8, 4) is 0 Å². The largest absolute Gasteiger partial charge is 0.548 e. The number of hydrogen-bond acceptors (Lipinski definition) is 4. The van der Waals surface area contributed by atoms with Gasteiger partial charge in [-0.3, -0.25) is 14.5 Å². The molecule has 1 saturated heterocycles. The van der Waals surface area contributed by atoms with E-state index in [1.165, 1.54) is 6.92 Å². The zero-order chi connectivity index (χ0) is 12.3. The lowest BCUT2D eigenvalue weighted by Gasteiger charge is -2.25. The second-order valence-corrected chi connectivity index (χ2v) is 5.04. The van der Waals surface area contributed by atoms with Gasteiger partial charge in [-0.2, -0.15) is 0 Å². The van der Waals surface area contributed by atoms with Gasteiger partial charge in [0, 0.05) is 0 Å². The van der Waals surface area contributed by atoms with Crippen molar-refractivity contribution < 1.29 is 19.5 Å². The Morgan fingerprint density at radius 2 is 1.76 bits per heavy atom. The molecule has 5 atom stereocenters. The fourth-order valence-electron chi connectivity index (χ4n) is 3.41. The first-order valence-corrected chi connectivity index (χ1v) is 5.78. The predicted molar refractivity (Wildman–Crippen MR) is 54.0 cm³/mol. The zero-order valence-corrected chi connectivity index (χ0v) is 9.33. The van der Waals surface area contributed by atoms with Gasteiger partial charge in [-0.1, -0.05) is 12.2 Å². The maximum Gasteiger partial charge on any atom is 0.234 e. The van der Waals surface area contributed by atoms with Crippen molar-refractivity contribution in [1.82, 2.24) is 4.90 Å². The minimum Gasteiger partial charge on any atom is -0.548 e. The van der Waals surface area contributed by atoms with Crippen LogP contribution in [0.1, 0.15) is 13.3 Å². The van der Waals surface area contributed by atoms with Crippen LogP contribution in [0.15, 0.2) is 12.2 Å². The summed E-state index contributed by atoms with van der Waals surface area (Å²) < 4.78 is 0. The Morgan fingerprint density at radius 1 is 1.29 bits per heavy atom. The quantitative estimate of drug-likeness (QED) is 0.450. The van der Waals surface area contributed by atoms with Crippen LogP contribution >= 0.6 is 0 Å². The summed E-state index contributed by atoms with van der Waals surface area (Å²) in [5.41, 5.74) is 0. The van der Waals surface area contributed by atoms with Gasteiger partial charge >= 0.3 is 0 Å². The Morgan fingerprint density at radius 3 is 2.18 bits per heavy atom. The normalized spacial score (nSPS) is 39.9. The van der Waals surface area contributed by atoms with E-state index < -0.39 is 12.0 Å². The van der Waals surface area contributed by atoms with Crippen LogP contribution in [-0.2, 0) is 14.4 Å². The van der Waals surface area contributed by atoms with E-state index in [1.807, 2.05) is 12.2 Å². The van der Waals surface area contributed by atoms with Crippen LogP contribution in [0.4, 0.5) is 0 Å². The molecule has 0 aromatic carbocycles. The standard InChI is InChI=1S/C12H13NO4/c1-5(12(16)17)13-10(14)8-6-2-3-7(4-6)9(8)11(13)15/h2-3,5-9H,4H2,1H3,(H,16,17)/p-1. The Bertz CT molecular complexity index is 425. The number of rotatable bonds is 2. The number of carbonyl (C=O) groups excluding carboxylic acids is 3. The van der Waals surface area contributed by atoms with Crippen molar-refractivity contribution >= 4 is 17.8 Å². The molecule has 1 heterocycles. The van der Waals surface area contributed by atoms with Gasteiger partial charge in [-0.25, -0.2) is 0 Å². The summed E-state index contributed by atoms with van der Waals surface area (Å²) >= 11 is 0. The molecule has 5 unspecified atom stereocenters. The van der Waals surface area contributed by atoms with E-state index in [4.69, 9.17) is 0 Å².